The van der Waals surface area contributed by atoms with Crippen LogP contribution in [-0.4, -0.2) is 42.3 Å². The summed E-state index contributed by atoms with van der Waals surface area (Å²) >= 11 is 0. The minimum absolute atomic E-state index is 0.113. The summed E-state index contributed by atoms with van der Waals surface area (Å²) in [5.41, 5.74) is 1.55. The smallest absolute Gasteiger partial charge is 0.310 e. The number of ether oxygens (including phenoxy) is 2. The van der Waals surface area contributed by atoms with E-state index in [0.717, 1.165) is 11.3 Å². The van der Waals surface area contributed by atoms with Crippen molar-refractivity contribution in [1.29, 1.82) is 0 Å². The fourth-order valence-electron chi connectivity index (χ4n) is 3.20. The Kier molecular flexibility index (Phi) is 8.51. The van der Waals surface area contributed by atoms with Gasteiger partial charge in [0.05, 0.1) is 19.6 Å². The molecule has 33 heavy (non-hydrogen) atoms. The molecule has 0 radical (unpaired) electrons. The van der Waals surface area contributed by atoms with Crippen molar-refractivity contribution >= 4 is 11.9 Å². The maximum absolute atomic E-state index is 13.0. The fourth-order valence-corrected chi connectivity index (χ4v) is 3.20. The van der Waals surface area contributed by atoms with Crippen molar-refractivity contribution in [2.24, 2.45) is 5.92 Å². The van der Waals surface area contributed by atoms with Crippen molar-refractivity contribution in [2.75, 3.05) is 20.3 Å². The molecule has 1 N–H and O–H groups in total. The molecule has 0 spiro atoms. The van der Waals surface area contributed by atoms with Gasteiger partial charge in [0.25, 0.3) is 0 Å². The number of esters is 1. The second kappa shape index (κ2) is 11.8. The molecule has 8 nitrogen and oxygen atoms in total. The van der Waals surface area contributed by atoms with Crippen molar-refractivity contribution in [3.63, 3.8) is 0 Å². The van der Waals surface area contributed by atoms with Crippen LogP contribution in [0.2, 0.25) is 0 Å². The van der Waals surface area contributed by atoms with E-state index in [1.165, 1.54) is 19.2 Å². The zero-order valence-corrected chi connectivity index (χ0v) is 18.5. The second-order valence-corrected chi connectivity index (χ2v) is 7.32. The standard InChI is InChI=1S/C24H26FN3O5/c1-3-32-20-10-4-16(5-11-20)14-18(24(30)31-2)15-26-21(29)12-13-22-27-23(28-33-22)17-6-8-19(25)9-7-17/h4-11,18H,3,12-15H2,1-2H3,(H,26,29)/t18-/m1/s1. The van der Waals surface area contributed by atoms with E-state index < -0.39 is 11.9 Å². The Balaban J connectivity index is 1.50. The van der Waals surface area contributed by atoms with Crippen LogP contribution in [0.3, 0.4) is 0 Å². The number of methoxy groups -OCH3 is 1. The Morgan fingerprint density at radius 2 is 1.85 bits per heavy atom. The Bertz CT molecular complexity index is 1050. The van der Waals surface area contributed by atoms with Gasteiger partial charge in [0, 0.05) is 24.9 Å². The zero-order chi connectivity index (χ0) is 23.6. The van der Waals surface area contributed by atoms with Crippen molar-refractivity contribution in [1.82, 2.24) is 15.5 Å². The highest BCUT2D eigenvalue weighted by Crippen LogP contribution is 2.17. The van der Waals surface area contributed by atoms with E-state index >= 15 is 0 Å². The van der Waals surface area contributed by atoms with Gasteiger partial charge in [0.15, 0.2) is 0 Å². The third kappa shape index (κ3) is 7.13. The highest BCUT2D eigenvalue weighted by molar-refractivity contribution is 5.78. The van der Waals surface area contributed by atoms with Gasteiger partial charge in [-0.05, 0) is 55.3 Å². The molecule has 174 valence electrons. The normalized spacial score (nSPS) is 11.6. The van der Waals surface area contributed by atoms with E-state index in [2.05, 4.69) is 15.5 Å². The summed E-state index contributed by atoms with van der Waals surface area (Å²) in [6.07, 6.45) is 0.772. The molecule has 3 rings (SSSR count). The predicted molar refractivity (Wildman–Crippen MR) is 118 cm³/mol. The topological polar surface area (TPSA) is 104 Å². The fraction of sp³-hybridized carbons (Fsp3) is 0.333. The summed E-state index contributed by atoms with van der Waals surface area (Å²) in [5, 5.41) is 6.63. The van der Waals surface area contributed by atoms with Gasteiger partial charge in [-0.25, -0.2) is 4.39 Å². The van der Waals surface area contributed by atoms with Crippen molar-refractivity contribution in [3.8, 4) is 17.1 Å². The number of hydrogen-bond acceptors (Lipinski definition) is 7. The quantitative estimate of drug-likeness (QED) is 0.442. The number of hydrogen-bond donors (Lipinski definition) is 1. The Hall–Kier alpha value is -3.75. The van der Waals surface area contributed by atoms with Gasteiger partial charge in [0.1, 0.15) is 11.6 Å². The number of rotatable bonds is 11. The average Bonchev–Trinajstić information content (AvgIpc) is 3.30. The molecule has 1 aromatic heterocycles. The first-order valence-corrected chi connectivity index (χ1v) is 10.6. The zero-order valence-electron chi connectivity index (χ0n) is 18.5. The Morgan fingerprint density at radius 1 is 1.12 bits per heavy atom. The molecule has 0 saturated heterocycles. The van der Waals surface area contributed by atoms with E-state index in [0.29, 0.717) is 30.3 Å². The monoisotopic (exact) mass is 455 g/mol. The van der Waals surface area contributed by atoms with Gasteiger partial charge in [-0.1, -0.05) is 17.3 Å². The van der Waals surface area contributed by atoms with Crippen molar-refractivity contribution in [2.45, 2.75) is 26.2 Å². The second-order valence-electron chi connectivity index (χ2n) is 7.32. The van der Waals surface area contributed by atoms with Gasteiger partial charge in [-0.2, -0.15) is 4.98 Å². The molecule has 1 heterocycles. The molecule has 0 aliphatic rings. The summed E-state index contributed by atoms with van der Waals surface area (Å²) in [6.45, 7) is 2.63. The molecular weight excluding hydrogens is 429 g/mol. The lowest BCUT2D eigenvalue weighted by molar-refractivity contribution is -0.145. The SMILES string of the molecule is CCOc1ccc(C[C@H](CNC(=O)CCc2nc(-c3ccc(F)cc3)no2)C(=O)OC)cc1. The number of benzene rings is 2. The first-order chi connectivity index (χ1) is 16.0. The van der Waals surface area contributed by atoms with Crippen LogP contribution < -0.4 is 10.1 Å². The number of carbonyl (C=O) groups excluding carboxylic acids is 2. The minimum Gasteiger partial charge on any atom is -0.494 e. The van der Waals surface area contributed by atoms with Crippen LogP contribution in [0.25, 0.3) is 11.4 Å². The molecule has 0 aliphatic heterocycles. The van der Waals surface area contributed by atoms with Crippen molar-refractivity contribution < 1.29 is 28.0 Å². The summed E-state index contributed by atoms with van der Waals surface area (Å²) in [7, 11) is 1.32. The molecule has 2 aromatic carbocycles. The van der Waals surface area contributed by atoms with Crippen LogP contribution >= 0.6 is 0 Å². The van der Waals surface area contributed by atoms with Gasteiger partial charge < -0.3 is 19.3 Å². The largest absolute Gasteiger partial charge is 0.494 e. The number of amides is 1. The molecule has 0 unspecified atom stereocenters. The maximum Gasteiger partial charge on any atom is 0.310 e. The van der Waals surface area contributed by atoms with Crippen LogP contribution in [0.5, 0.6) is 5.75 Å². The summed E-state index contributed by atoms with van der Waals surface area (Å²) in [6, 6.07) is 13.2. The van der Waals surface area contributed by atoms with Gasteiger partial charge in [-0.3, -0.25) is 9.59 Å². The molecule has 3 aromatic rings. The van der Waals surface area contributed by atoms with Crippen LogP contribution in [0.4, 0.5) is 4.39 Å². The number of aromatic nitrogens is 2. The van der Waals surface area contributed by atoms with E-state index in [1.807, 2.05) is 31.2 Å². The molecule has 0 saturated carbocycles. The number of aryl methyl sites for hydroxylation is 1. The first kappa shape index (κ1) is 23.9. The Labute approximate surface area is 191 Å². The maximum atomic E-state index is 13.0. The predicted octanol–water partition coefficient (Wildman–Crippen LogP) is 3.36. The lowest BCUT2D eigenvalue weighted by Gasteiger charge is -2.16. The van der Waals surface area contributed by atoms with Crippen molar-refractivity contribution in [3.05, 3.63) is 65.8 Å². The molecular formula is C24H26FN3O5. The summed E-state index contributed by atoms with van der Waals surface area (Å²) < 4.78 is 28.5. The average molecular weight is 455 g/mol. The van der Waals surface area contributed by atoms with E-state index in [1.54, 1.807) is 12.1 Å². The summed E-state index contributed by atoms with van der Waals surface area (Å²) in [4.78, 5) is 28.7. The molecule has 0 aliphatic carbocycles. The number of carbonyl (C=O) groups is 2. The lowest BCUT2D eigenvalue weighted by atomic mass is 9.99. The van der Waals surface area contributed by atoms with Crippen LogP contribution in [0.15, 0.2) is 53.1 Å². The third-order valence-electron chi connectivity index (χ3n) is 4.93. The molecule has 0 bridgehead atoms. The Morgan fingerprint density at radius 3 is 2.52 bits per heavy atom. The minimum atomic E-state index is -0.523. The van der Waals surface area contributed by atoms with E-state index in [4.69, 9.17) is 14.0 Å². The highest BCUT2D eigenvalue weighted by atomic mass is 19.1. The lowest BCUT2D eigenvalue weighted by Crippen LogP contribution is -2.34. The number of nitrogens with one attached hydrogen (secondary N) is 1. The van der Waals surface area contributed by atoms with E-state index in [9.17, 15) is 14.0 Å². The van der Waals surface area contributed by atoms with Gasteiger partial charge >= 0.3 is 5.97 Å². The third-order valence-corrected chi connectivity index (χ3v) is 4.93. The number of halogens is 1. The number of nitrogens with zero attached hydrogens (tertiary/aromatic N) is 2. The molecule has 0 fully saturated rings. The van der Waals surface area contributed by atoms with Crippen LogP contribution in [-0.2, 0) is 27.2 Å². The van der Waals surface area contributed by atoms with Gasteiger partial charge in [0.2, 0.25) is 17.6 Å². The summed E-state index contributed by atoms with van der Waals surface area (Å²) in [5.74, 6) is -0.151. The van der Waals surface area contributed by atoms with Gasteiger partial charge in [-0.15, -0.1) is 0 Å². The van der Waals surface area contributed by atoms with Crippen LogP contribution in [0.1, 0.15) is 24.8 Å². The highest BCUT2D eigenvalue weighted by Gasteiger charge is 2.21. The van der Waals surface area contributed by atoms with Crippen LogP contribution in [0, 0.1) is 11.7 Å². The molecule has 1 amide bonds. The van der Waals surface area contributed by atoms with E-state index in [-0.39, 0.29) is 31.1 Å². The first-order valence-electron chi connectivity index (χ1n) is 10.6. The molecule has 1 atom stereocenters. The molecule has 9 heteroatoms.